The van der Waals surface area contributed by atoms with Crippen molar-refractivity contribution in [2.75, 3.05) is 5.73 Å². The van der Waals surface area contributed by atoms with Crippen molar-refractivity contribution in [2.45, 2.75) is 18.6 Å². The molecule has 0 fully saturated rings. The monoisotopic (exact) mass is 237 g/mol. The molecule has 1 aromatic rings. The zero-order chi connectivity index (χ0) is 11.5. The van der Waals surface area contributed by atoms with Crippen molar-refractivity contribution in [2.24, 2.45) is 0 Å². The minimum atomic E-state index is -0.438. The Morgan fingerprint density at radius 2 is 1.56 bits per heavy atom. The van der Waals surface area contributed by atoms with Gasteiger partial charge in [-0.3, -0.25) is 0 Å². The summed E-state index contributed by atoms with van der Waals surface area (Å²) in [4.78, 5) is 0. The topological polar surface area (TPSA) is 57.5 Å². The number of nitrogens with two attached hydrogens (primary N) is 1. The van der Waals surface area contributed by atoms with E-state index in [-0.39, 0.29) is 5.48 Å². The maximum atomic E-state index is 5.36. The number of allylic oxidation sites excluding steroid dienone is 2. The molecule has 0 saturated carbocycles. The Hall–Kier alpha value is -1.32. The molecule has 2 nitrogen and oxygen atoms in total. The van der Waals surface area contributed by atoms with Gasteiger partial charge in [-0.05, 0) is 24.2 Å². The molecule has 0 heterocycles. The van der Waals surface area contributed by atoms with Crippen LogP contribution < -0.4 is 5.73 Å². The lowest BCUT2D eigenvalue weighted by Gasteiger charge is -1.98. The lowest BCUT2D eigenvalue weighted by molar-refractivity contribution is 0.824. The number of para-hydroxylation sites is 1. The number of rotatable bonds is 4. The zero-order valence-electron chi connectivity index (χ0n) is 10.0. The normalized spacial score (nSPS) is 8.38. The maximum Gasteiger partial charge on any atom is 0.0412 e. The molecule has 0 aliphatic carbocycles. The molecule has 1 aromatic carbocycles. The van der Waals surface area contributed by atoms with Crippen LogP contribution in [0, 0.1) is 0 Å². The molecule has 1 rings (SSSR count). The van der Waals surface area contributed by atoms with Crippen LogP contribution in [0.5, 0.6) is 0 Å². The second-order valence-electron chi connectivity index (χ2n) is 3.56. The Kier molecular flexibility index (Phi) is 12.5. The molecule has 0 bridgehead atoms. The number of benzene rings is 1. The predicted octanol–water partition coefficient (Wildman–Crippen LogP) is 2.66. The fraction of sp³-hybridized carbons (Fsp3) is 0.231. The first kappa shape index (κ1) is 17.1. The lowest BCUT2D eigenvalue weighted by atomic mass is 10.3. The second kappa shape index (κ2) is 11.7. The van der Waals surface area contributed by atoms with Crippen molar-refractivity contribution < 1.29 is 5.48 Å². The van der Waals surface area contributed by atoms with Crippen LogP contribution in [-0.4, -0.2) is 14.3 Å². The van der Waals surface area contributed by atoms with Gasteiger partial charge in [-0.15, -0.1) is 13.2 Å². The fourth-order valence-electron chi connectivity index (χ4n) is 1.12. The van der Waals surface area contributed by atoms with Crippen LogP contribution in [0.25, 0.3) is 0 Å². The van der Waals surface area contributed by atoms with Crippen LogP contribution in [0.3, 0.4) is 0 Å². The van der Waals surface area contributed by atoms with E-state index in [0.717, 1.165) is 5.69 Å². The third-order valence-corrected chi connectivity index (χ3v) is 4.21. The molecule has 3 heteroatoms. The van der Waals surface area contributed by atoms with Crippen molar-refractivity contribution in [1.82, 2.24) is 0 Å². The van der Waals surface area contributed by atoms with E-state index in [1.807, 2.05) is 42.5 Å². The maximum absolute atomic E-state index is 5.36. The smallest absolute Gasteiger partial charge is 0.0412 e. The van der Waals surface area contributed by atoms with E-state index < -0.39 is 8.80 Å². The van der Waals surface area contributed by atoms with Gasteiger partial charge in [-0.1, -0.05) is 36.9 Å². The lowest BCUT2D eigenvalue weighted by Crippen LogP contribution is -2.00. The highest BCUT2D eigenvalue weighted by atomic mass is 28.3. The molecule has 0 aliphatic heterocycles. The summed E-state index contributed by atoms with van der Waals surface area (Å²) in [5.74, 6) is 0. The van der Waals surface area contributed by atoms with Gasteiger partial charge in [-0.25, -0.2) is 0 Å². The Labute approximate surface area is 100 Å². The van der Waals surface area contributed by atoms with Crippen molar-refractivity contribution in [3.05, 3.63) is 55.6 Å². The average molecular weight is 237 g/mol. The Balaban J connectivity index is 0. The summed E-state index contributed by atoms with van der Waals surface area (Å²) in [6.07, 6.45) is 4.03. The minimum Gasteiger partial charge on any atom is -0.412 e. The molecule has 0 aliphatic rings. The van der Waals surface area contributed by atoms with Gasteiger partial charge >= 0.3 is 0 Å². The molecule has 0 radical (unpaired) electrons. The van der Waals surface area contributed by atoms with Crippen LogP contribution in [0.1, 0.15) is 0 Å². The minimum absolute atomic E-state index is 0. The molecule has 0 saturated heterocycles. The third kappa shape index (κ3) is 10.8. The van der Waals surface area contributed by atoms with Gasteiger partial charge in [0.1, 0.15) is 0 Å². The summed E-state index contributed by atoms with van der Waals surface area (Å²) < 4.78 is 0. The molecule has 0 spiro atoms. The first-order chi connectivity index (χ1) is 7.20. The zero-order valence-corrected chi connectivity index (χ0v) is 11.2. The van der Waals surface area contributed by atoms with E-state index >= 15 is 0 Å². The molecule has 0 unspecified atom stereocenters. The van der Waals surface area contributed by atoms with Gasteiger partial charge in [0.25, 0.3) is 0 Å². The van der Waals surface area contributed by atoms with Gasteiger partial charge in [0, 0.05) is 14.5 Å². The summed E-state index contributed by atoms with van der Waals surface area (Å²) in [6.45, 7) is 9.70. The van der Waals surface area contributed by atoms with E-state index in [4.69, 9.17) is 5.73 Å². The number of nitrogen functional groups attached to an aromatic ring is 1. The summed E-state index contributed by atoms with van der Waals surface area (Å²) >= 11 is 0. The fourth-order valence-corrected chi connectivity index (χ4v) is 2.45. The SMILES string of the molecule is C=CC[SiH](C)CC=C.Nc1ccccc1.O. The van der Waals surface area contributed by atoms with Crippen LogP contribution in [-0.2, 0) is 0 Å². The van der Waals surface area contributed by atoms with Crippen molar-refractivity contribution in [3.8, 4) is 0 Å². The van der Waals surface area contributed by atoms with Crippen LogP contribution in [0.15, 0.2) is 55.6 Å². The van der Waals surface area contributed by atoms with Gasteiger partial charge in [-0.2, -0.15) is 0 Å². The Morgan fingerprint density at radius 1 is 1.12 bits per heavy atom. The van der Waals surface area contributed by atoms with Gasteiger partial charge in [0.05, 0.1) is 0 Å². The van der Waals surface area contributed by atoms with E-state index in [0.29, 0.717) is 0 Å². The first-order valence-electron chi connectivity index (χ1n) is 5.23. The van der Waals surface area contributed by atoms with Crippen LogP contribution >= 0.6 is 0 Å². The number of anilines is 1. The first-order valence-corrected chi connectivity index (χ1v) is 8.01. The standard InChI is InChI=1S/C7H14Si.C6H7N.H2O/c1-4-6-8(3)7-5-2;7-6-4-2-1-3-5-6;/h4-5,8H,1-2,6-7H2,3H3;1-5H,7H2;1H2. The highest BCUT2D eigenvalue weighted by molar-refractivity contribution is 6.58. The molecule has 0 aromatic heterocycles. The molecule has 0 amide bonds. The summed E-state index contributed by atoms with van der Waals surface area (Å²) in [5, 5.41) is 0. The van der Waals surface area contributed by atoms with E-state index in [1.54, 1.807) is 0 Å². The van der Waals surface area contributed by atoms with E-state index in [2.05, 4.69) is 19.7 Å². The molecule has 16 heavy (non-hydrogen) atoms. The summed E-state index contributed by atoms with van der Waals surface area (Å²) in [7, 11) is -0.438. The highest BCUT2D eigenvalue weighted by Gasteiger charge is 1.94. The second-order valence-corrected chi connectivity index (χ2v) is 6.72. The molecule has 0 atom stereocenters. The molecule has 4 N–H and O–H groups in total. The third-order valence-electron chi connectivity index (χ3n) is 1.94. The van der Waals surface area contributed by atoms with Crippen molar-refractivity contribution >= 4 is 14.5 Å². The summed E-state index contributed by atoms with van der Waals surface area (Å²) in [5.41, 5.74) is 6.18. The predicted molar refractivity (Wildman–Crippen MR) is 77.5 cm³/mol. The van der Waals surface area contributed by atoms with Gasteiger partial charge in [0.15, 0.2) is 0 Å². The van der Waals surface area contributed by atoms with E-state index in [1.165, 1.54) is 12.1 Å². The average Bonchev–Trinajstić information content (AvgIpc) is 2.20. The molecule has 90 valence electrons. The van der Waals surface area contributed by atoms with Crippen molar-refractivity contribution in [3.63, 3.8) is 0 Å². The Morgan fingerprint density at radius 3 is 1.81 bits per heavy atom. The van der Waals surface area contributed by atoms with Crippen LogP contribution in [0.4, 0.5) is 5.69 Å². The van der Waals surface area contributed by atoms with Crippen LogP contribution in [0.2, 0.25) is 18.6 Å². The number of hydrogen-bond acceptors (Lipinski definition) is 1. The van der Waals surface area contributed by atoms with Gasteiger partial charge < -0.3 is 11.2 Å². The summed E-state index contributed by atoms with van der Waals surface area (Å²) in [6, 6.07) is 12.0. The quantitative estimate of drug-likeness (QED) is 0.488. The molecular weight excluding hydrogens is 214 g/mol. The molecular formula is C13H23NOSi. The number of hydrogen-bond donors (Lipinski definition) is 1. The van der Waals surface area contributed by atoms with E-state index in [9.17, 15) is 0 Å². The van der Waals surface area contributed by atoms with Gasteiger partial charge in [0.2, 0.25) is 0 Å². The largest absolute Gasteiger partial charge is 0.412 e. The Bertz CT molecular complexity index is 265. The van der Waals surface area contributed by atoms with Crippen molar-refractivity contribution in [1.29, 1.82) is 0 Å². The highest BCUT2D eigenvalue weighted by Crippen LogP contribution is 1.98.